The summed E-state index contributed by atoms with van der Waals surface area (Å²) in [5, 5.41) is 5.63. The number of ether oxygens (including phenoxy) is 2. The fourth-order valence-electron chi connectivity index (χ4n) is 2.67. The number of likely N-dealkylation sites (tertiary alicyclic amines) is 1. The van der Waals surface area contributed by atoms with Gasteiger partial charge in [-0.1, -0.05) is 0 Å². The molecule has 1 fully saturated rings. The molecule has 2 N–H and O–H groups in total. The Morgan fingerprint density at radius 2 is 2.12 bits per heavy atom. The van der Waals surface area contributed by atoms with E-state index in [1.165, 1.54) is 24.3 Å². The number of piperidine rings is 1. The van der Waals surface area contributed by atoms with Crippen molar-refractivity contribution in [2.24, 2.45) is 0 Å². The van der Waals surface area contributed by atoms with E-state index in [1.54, 1.807) is 7.11 Å². The summed E-state index contributed by atoms with van der Waals surface area (Å²) in [5.41, 5.74) is 0.515. The maximum atomic E-state index is 12.1. The van der Waals surface area contributed by atoms with Gasteiger partial charge in [-0.25, -0.2) is 4.79 Å². The fourth-order valence-corrected chi connectivity index (χ4v) is 2.67. The zero-order valence-corrected chi connectivity index (χ0v) is 13.6. The molecule has 0 bridgehead atoms. The van der Waals surface area contributed by atoms with Gasteiger partial charge in [-0.05, 0) is 43.7 Å². The summed E-state index contributed by atoms with van der Waals surface area (Å²) in [6.45, 7) is 0.458. The number of nitrogens with one attached hydrogen (secondary N) is 2. The predicted molar refractivity (Wildman–Crippen MR) is 86.6 cm³/mol. The first kappa shape index (κ1) is 18.4. The van der Waals surface area contributed by atoms with Crippen molar-refractivity contribution in [1.82, 2.24) is 10.2 Å². The largest absolute Gasteiger partial charge is 0.435 e. The predicted octanol–water partition coefficient (Wildman–Crippen LogP) is 2.52. The molecule has 24 heavy (non-hydrogen) atoms. The molecule has 0 aromatic heterocycles. The van der Waals surface area contributed by atoms with Crippen LogP contribution in [0.15, 0.2) is 24.3 Å². The number of anilines is 1. The molecule has 1 aliphatic heterocycles. The van der Waals surface area contributed by atoms with E-state index in [9.17, 15) is 13.6 Å². The highest BCUT2D eigenvalue weighted by Crippen LogP contribution is 2.18. The summed E-state index contributed by atoms with van der Waals surface area (Å²) in [6.07, 6.45) is 1.95. The van der Waals surface area contributed by atoms with Crippen LogP contribution < -0.4 is 15.4 Å². The average molecular weight is 343 g/mol. The third kappa shape index (κ3) is 6.29. The van der Waals surface area contributed by atoms with Crippen LogP contribution in [0.25, 0.3) is 0 Å². The normalized spacial score (nSPS) is 18.4. The second-order valence-corrected chi connectivity index (χ2v) is 5.63. The van der Waals surface area contributed by atoms with Crippen molar-refractivity contribution < 1.29 is 23.0 Å². The second kappa shape index (κ2) is 9.39. The van der Waals surface area contributed by atoms with Crippen molar-refractivity contribution in [2.75, 3.05) is 38.7 Å². The van der Waals surface area contributed by atoms with Gasteiger partial charge in [0, 0.05) is 31.9 Å². The van der Waals surface area contributed by atoms with Gasteiger partial charge in [0.15, 0.2) is 0 Å². The number of alkyl halides is 2. The maximum absolute atomic E-state index is 12.1. The molecular weight excluding hydrogens is 320 g/mol. The minimum absolute atomic E-state index is 0.0528. The molecule has 1 aromatic carbocycles. The van der Waals surface area contributed by atoms with Crippen molar-refractivity contribution in [3.63, 3.8) is 0 Å². The molecule has 0 unspecified atom stereocenters. The third-order valence-electron chi connectivity index (χ3n) is 3.79. The molecule has 1 aliphatic rings. The molecule has 1 aromatic rings. The number of benzene rings is 1. The first-order valence-electron chi connectivity index (χ1n) is 7.90. The average Bonchev–Trinajstić information content (AvgIpc) is 2.54. The van der Waals surface area contributed by atoms with Crippen molar-refractivity contribution in [3.8, 4) is 5.75 Å². The van der Waals surface area contributed by atoms with Gasteiger partial charge in [-0.3, -0.25) is 4.90 Å². The van der Waals surface area contributed by atoms with Crippen molar-refractivity contribution in [1.29, 1.82) is 0 Å². The van der Waals surface area contributed by atoms with Crippen molar-refractivity contribution in [2.45, 2.75) is 25.5 Å². The number of amides is 2. The first-order chi connectivity index (χ1) is 11.6. The summed E-state index contributed by atoms with van der Waals surface area (Å²) in [5.74, 6) is 0.0528. The zero-order chi connectivity index (χ0) is 17.4. The Hall–Kier alpha value is -1.93. The molecule has 0 radical (unpaired) electrons. The van der Waals surface area contributed by atoms with E-state index < -0.39 is 6.61 Å². The van der Waals surface area contributed by atoms with Crippen LogP contribution in [0.1, 0.15) is 12.8 Å². The molecule has 0 aliphatic carbocycles. The lowest BCUT2D eigenvalue weighted by atomic mass is 10.1. The summed E-state index contributed by atoms with van der Waals surface area (Å²) in [7, 11) is 1.67. The number of halogens is 2. The fraction of sp³-hybridized carbons (Fsp3) is 0.562. The number of methoxy groups -OCH3 is 1. The van der Waals surface area contributed by atoms with Crippen LogP contribution in [0.3, 0.4) is 0 Å². The topological polar surface area (TPSA) is 62.8 Å². The van der Waals surface area contributed by atoms with Crippen LogP contribution in [0.4, 0.5) is 19.3 Å². The molecular formula is C16H23F2N3O3. The van der Waals surface area contributed by atoms with Crippen LogP contribution in [-0.4, -0.2) is 56.9 Å². The van der Waals surface area contributed by atoms with Crippen molar-refractivity contribution >= 4 is 11.7 Å². The molecule has 1 atom stereocenters. The first-order valence-corrected chi connectivity index (χ1v) is 7.90. The Labute approximate surface area is 140 Å². The number of nitrogens with zero attached hydrogens (tertiary/aromatic N) is 1. The molecule has 8 heteroatoms. The Balaban J connectivity index is 1.78. The smallest absolute Gasteiger partial charge is 0.387 e. The monoisotopic (exact) mass is 343 g/mol. The van der Waals surface area contributed by atoms with Crippen molar-refractivity contribution in [3.05, 3.63) is 24.3 Å². The lowest BCUT2D eigenvalue weighted by Gasteiger charge is -2.32. The van der Waals surface area contributed by atoms with E-state index in [1.807, 2.05) is 0 Å². The van der Waals surface area contributed by atoms with Gasteiger partial charge in [-0.15, -0.1) is 0 Å². The number of urea groups is 1. The van der Waals surface area contributed by atoms with Crippen LogP contribution in [0.5, 0.6) is 5.75 Å². The zero-order valence-electron chi connectivity index (χ0n) is 13.6. The lowest BCUT2D eigenvalue weighted by molar-refractivity contribution is -0.0498. The molecule has 0 spiro atoms. The SMILES string of the molecule is COCCN1CCC[C@@H](NC(=O)Nc2ccc(OC(F)F)cc2)C1. The Morgan fingerprint density at radius 1 is 1.38 bits per heavy atom. The molecule has 6 nitrogen and oxygen atoms in total. The third-order valence-corrected chi connectivity index (χ3v) is 3.79. The molecule has 1 heterocycles. The van der Waals surface area contributed by atoms with Crippen LogP contribution in [0.2, 0.25) is 0 Å². The molecule has 134 valence electrons. The van der Waals surface area contributed by atoms with Gasteiger partial charge < -0.3 is 20.1 Å². The number of rotatable bonds is 7. The maximum Gasteiger partial charge on any atom is 0.387 e. The highest BCUT2D eigenvalue weighted by Gasteiger charge is 2.21. The Kier molecular flexibility index (Phi) is 7.20. The molecule has 2 rings (SSSR count). The minimum Gasteiger partial charge on any atom is -0.435 e. The minimum atomic E-state index is -2.86. The number of carbonyl (C=O) groups is 1. The van der Waals surface area contributed by atoms with Crippen LogP contribution in [0, 0.1) is 0 Å². The van der Waals surface area contributed by atoms with Gasteiger partial charge in [0.05, 0.1) is 6.61 Å². The lowest BCUT2D eigenvalue weighted by Crippen LogP contribution is -2.49. The molecule has 0 saturated carbocycles. The summed E-state index contributed by atoms with van der Waals surface area (Å²) >= 11 is 0. The van der Waals surface area contributed by atoms with E-state index in [4.69, 9.17) is 4.74 Å². The summed E-state index contributed by atoms with van der Waals surface area (Å²) in [6, 6.07) is 5.57. The molecule has 2 amide bonds. The Morgan fingerprint density at radius 3 is 2.79 bits per heavy atom. The summed E-state index contributed by atoms with van der Waals surface area (Å²) in [4.78, 5) is 14.3. The molecule has 1 saturated heterocycles. The van der Waals surface area contributed by atoms with E-state index in [2.05, 4.69) is 20.3 Å². The van der Waals surface area contributed by atoms with Gasteiger partial charge in [0.2, 0.25) is 0 Å². The van der Waals surface area contributed by atoms with Gasteiger partial charge in [0.1, 0.15) is 5.75 Å². The van der Waals surface area contributed by atoms with E-state index in [0.717, 1.165) is 32.5 Å². The van der Waals surface area contributed by atoms with E-state index in [-0.39, 0.29) is 17.8 Å². The summed E-state index contributed by atoms with van der Waals surface area (Å²) < 4.78 is 33.5. The van der Waals surface area contributed by atoms with Crippen LogP contribution >= 0.6 is 0 Å². The highest BCUT2D eigenvalue weighted by atomic mass is 19.3. The standard InChI is InChI=1S/C16H23F2N3O3/c1-23-10-9-21-8-2-3-13(11-21)20-16(22)19-12-4-6-14(7-5-12)24-15(17)18/h4-7,13,15H,2-3,8-11H2,1H3,(H2,19,20,22)/t13-/m1/s1. The van der Waals surface area contributed by atoms with Gasteiger partial charge in [0.25, 0.3) is 0 Å². The van der Waals surface area contributed by atoms with E-state index >= 15 is 0 Å². The van der Waals surface area contributed by atoms with Gasteiger partial charge in [-0.2, -0.15) is 8.78 Å². The van der Waals surface area contributed by atoms with Crippen LogP contribution in [-0.2, 0) is 4.74 Å². The Bertz CT molecular complexity index is 514. The number of hydrogen-bond donors (Lipinski definition) is 2. The second-order valence-electron chi connectivity index (χ2n) is 5.63. The highest BCUT2D eigenvalue weighted by molar-refractivity contribution is 5.89. The number of hydrogen-bond acceptors (Lipinski definition) is 4. The number of carbonyl (C=O) groups excluding carboxylic acids is 1. The quantitative estimate of drug-likeness (QED) is 0.799. The van der Waals surface area contributed by atoms with Gasteiger partial charge >= 0.3 is 12.6 Å². The van der Waals surface area contributed by atoms with E-state index in [0.29, 0.717) is 12.3 Å².